The Balaban J connectivity index is 1.93. The summed E-state index contributed by atoms with van der Waals surface area (Å²) in [5.74, 6) is 1.25. The van der Waals surface area contributed by atoms with Crippen LogP contribution in [-0.4, -0.2) is 26.4 Å². The van der Waals surface area contributed by atoms with Gasteiger partial charge in [-0.15, -0.1) is 0 Å². The predicted octanol–water partition coefficient (Wildman–Crippen LogP) is 2.49. The minimum Gasteiger partial charge on any atom is -0.481 e. The Morgan fingerprint density at radius 2 is 2.12 bits per heavy atom. The molecule has 0 unspecified atom stereocenters. The normalized spacial score (nSPS) is 12.4. The minimum absolute atomic E-state index is 0.250. The van der Waals surface area contributed by atoms with E-state index in [1.54, 1.807) is 24.1 Å². The van der Waals surface area contributed by atoms with Crippen LogP contribution < -0.4 is 10.1 Å². The monoisotopic (exact) mass is 343 g/mol. The van der Waals surface area contributed by atoms with Gasteiger partial charge in [-0.3, -0.25) is 5.32 Å². The molecule has 25 heavy (non-hydrogen) atoms. The molecular formula is C18H22FN5O. The zero-order valence-corrected chi connectivity index (χ0v) is 14.8. The summed E-state index contributed by atoms with van der Waals surface area (Å²) in [6, 6.07) is 6.31. The molecule has 0 saturated heterocycles. The van der Waals surface area contributed by atoms with Gasteiger partial charge in [0.05, 0.1) is 24.4 Å². The first-order valence-electron chi connectivity index (χ1n) is 8.03. The number of rotatable bonds is 6. The highest BCUT2D eigenvalue weighted by Crippen LogP contribution is 2.25. The molecule has 1 atom stereocenters. The Bertz CT molecular complexity index is 870. The van der Waals surface area contributed by atoms with Gasteiger partial charge in [-0.1, -0.05) is 12.1 Å². The fourth-order valence-electron chi connectivity index (χ4n) is 3.04. The fraction of sp³-hybridized carbons (Fsp3) is 0.333. The van der Waals surface area contributed by atoms with Crippen LogP contribution in [0.3, 0.4) is 0 Å². The second-order valence-corrected chi connectivity index (χ2v) is 5.96. The number of nitrogens with zero attached hydrogens (tertiary/aromatic N) is 4. The smallest absolute Gasteiger partial charge is 0.216 e. The maximum atomic E-state index is 13.7. The van der Waals surface area contributed by atoms with Crippen molar-refractivity contribution in [2.75, 3.05) is 7.11 Å². The molecule has 0 aliphatic carbocycles. The van der Waals surface area contributed by atoms with E-state index < -0.39 is 0 Å². The van der Waals surface area contributed by atoms with Gasteiger partial charge in [-0.25, -0.2) is 14.1 Å². The molecule has 0 amide bonds. The van der Waals surface area contributed by atoms with Crippen molar-refractivity contribution in [1.82, 2.24) is 24.6 Å². The number of imidazole rings is 1. The van der Waals surface area contributed by atoms with Gasteiger partial charge >= 0.3 is 0 Å². The SMILES string of the molecule is COc1c(CN[C@@H](c2cccc(F)c2)c2nccn2C)c(C)nn1C. The molecule has 3 aromatic rings. The lowest BCUT2D eigenvalue weighted by atomic mass is 10.1. The fourth-order valence-corrected chi connectivity index (χ4v) is 3.04. The molecule has 2 heterocycles. The van der Waals surface area contributed by atoms with E-state index in [1.807, 2.05) is 37.8 Å². The van der Waals surface area contributed by atoms with E-state index in [4.69, 9.17) is 4.74 Å². The highest BCUT2D eigenvalue weighted by Gasteiger charge is 2.21. The van der Waals surface area contributed by atoms with E-state index >= 15 is 0 Å². The zero-order chi connectivity index (χ0) is 18.0. The molecule has 0 fully saturated rings. The maximum Gasteiger partial charge on any atom is 0.216 e. The highest BCUT2D eigenvalue weighted by atomic mass is 19.1. The summed E-state index contributed by atoms with van der Waals surface area (Å²) >= 11 is 0. The summed E-state index contributed by atoms with van der Waals surface area (Å²) in [6.45, 7) is 2.47. The molecule has 0 saturated carbocycles. The van der Waals surface area contributed by atoms with Crippen molar-refractivity contribution >= 4 is 0 Å². The number of halogens is 1. The Hall–Kier alpha value is -2.67. The molecule has 3 rings (SSSR count). The third kappa shape index (κ3) is 3.41. The molecule has 0 spiro atoms. The van der Waals surface area contributed by atoms with Gasteiger partial charge in [0.25, 0.3) is 0 Å². The van der Waals surface area contributed by atoms with E-state index in [0.717, 1.165) is 22.6 Å². The largest absolute Gasteiger partial charge is 0.481 e. The summed E-state index contributed by atoms with van der Waals surface area (Å²) in [4.78, 5) is 4.43. The topological polar surface area (TPSA) is 56.9 Å². The van der Waals surface area contributed by atoms with Gasteiger partial charge in [0.1, 0.15) is 11.6 Å². The van der Waals surface area contributed by atoms with Crippen molar-refractivity contribution < 1.29 is 9.13 Å². The van der Waals surface area contributed by atoms with Crippen LogP contribution in [0.15, 0.2) is 36.7 Å². The Morgan fingerprint density at radius 3 is 2.76 bits per heavy atom. The molecule has 7 heteroatoms. The molecule has 1 aromatic carbocycles. The van der Waals surface area contributed by atoms with Crippen LogP contribution in [-0.2, 0) is 20.6 Å². The molecule has 0 aliphatic heterocycles. The lowest BCUT2D eigenvalue weighted by Gasteiger charge is -2.19. The third-order valence-corrected chi connectivity index (χ3v) is 4.26. The van der Waals surface area contributed by atoms with Gasteiger partial charge in [0.2, 0.25) is 5.88 Å². The zero-order valence-electron chi connectivity index (χ0n) is 14.8. The average Bonchev–Trinajstić information content (AvgIpc) is 3.11. The number of nitrogens with one attached hydrogen (secondary N) is 1. The summed E-state index contributed by atoms with van der Waals surface area (Å²) in [5.41, 5.74) is 2.68. The van der Waals surface area contributed by atoms with Gasteiger partial charge in [-0.2, -0.15) is 5.10 Å². The molecule has 132 valence electrons. The van der Waals surface area contributed by atoms with E-state index in [2.05, 4.69) is 15.4 Å². The second-order valence-electron chi connectivity index (χ2n) is 5.96. The number of benzene rings is 1. The lowest BCUT2D eigenvalue weighted by molar-refractivity contribution is 0.367. The van der Waals surface area contributed by atoms with Crippen LogP contribution in [0.4, 0.5) is 4.39 Å². The first kappa shape index (κ1) is 17.2. The van der Waals surface area contributed by atoms with Crippen LogP contribution in [0.2, 0.25) is 0 Å². The standard InChI is InChI=1S/C18H22FN5O/c1-12-15(18(25-4)24(3)22-12)11-21-16(17-20-8-9-23(17)2)13-6-5-7-14(19)10-13/h5-10,16,21H,11H2,1-4H3/t16-/m0/s1. The summed E-state index contributed by atoms with van der Waals surface area (Å²) in [5, 5.41) is 7.87. The van der Waals surface area contributed by atoms with Gasteiger partial charge in [-0.05, 0) is 24.6 Å². The summed E-state index contributed by atoms with van der Waals surface area (Å²) in [7, 11) is 5.40. The van der Waals surface area contributed by atoms with Crippen molar-refractivity contribution in [1.29, 1.82) is 0 Å². The molecule has 2 aromatic heterocycles. The average molecular weight is 343 g/mol. The third-order valence-electron chi connectivity index (χ3n) is 4.26. The number of ether oxygens (including phenoxy) is 1. The van der Waals surface area contributed by atoms with E-state index in [9.17, 15) is 4.39 Å². The molecule has 0 aliphatic rings. The first-order valence-corrected chi connectivity index (χ1v) is 8.03. The van der Waals surface area contributed by atoms with Crippen LogP contribution in [0.5, 0.6) is 5.88 Å². The number of methoxy groups -OCH3 is 1. The predicted molar refractivity (Wildman–Crippen MR) is 92.8 cm³/mol. The molecule has 0 bridgehead atoms. The number of aryl methyl sites for hydroxylation is 3. The lowest BCUT2D eigenvalue weighted by Crippen LogP contribution is -2.25. The first-order chi connectivity index (χ1) is 12.0. The van der Waals surface area contributed by atoms with Crippen molar-refractivity contribution in [2.24, 2.45) is 14.1 Å². The number of hydrogen-bond donors (Lipinski definition) is 1. The molecular weight excluding hydrogens is 321 g/mol. The van der Waals surface area contributed by atoms with Gasteiger partial charge < -0.3 is 9.30 Å². The van der Waals surface area contributed by atoms with Crippen molar-refractivity contribution in [3.8, 4) is 5.88 Å². The van der Waals surface area contributed by atoms with Crippen LogP contribution in [0.25, 0.3) is 0 Å². The Labute approximate surface area is 146 Å². The number of aromatic nitrogens is 4. The van der Waals surface area contributed by atoms with E-state index in [0.29, 0.717) is 12.4 Å². The summed E-state index contributed by atoms with van der Waals surface area (Å²) in [6.07, 6.45) is 3.61. The maximum absolute atomic E-state index is 13.7. The quantitative estimate of drug-likeness (QED) is 0.747. The number of hydrogen-bond acceptors (Lipinski definition) is 4. The summed E-state index contributed by atoms with van der Waals surface area (Å²) < 4.78 is 22.8. The van der Waals surface area contributed by atoms with Crippen LogP contribution in [0, 0.1) is 12.7 Å². The van der Waals surface area contributed by atoms with Gasteiger partial charge in [0, 0.05) is 33.0 Å². The molecule has 0 radical (unpaired) electrons. The molecule has 1 N–H and O–H groups in total. The van der Waals surface area contributed by atoms with Crippen molar-refractivity contribution in [2.45, 2.75) is 19.5 Å². The van der Waals surface area contributed by atoms with Crippen LogP contribution >= 0.6 is 0 Å². The second kappa shape index (κ2) is 7.06. The minimum atomic E-state index is -0.270. The Kier molecular flexibility index (Phi) is 4.85. The molecule has 6 nitrogen and oxygen atoms in total. The Morgan fingerprint density at radius 1 is 1.32 bits per heavy atom. The van der Waals surface area contributed by atoms with Gasteiger partial charge in [0.15, 0.2) is 0 Å². The van der Waals surface area contributed by atoms with E-state index in [-0.39, 0.29) is 11.9 Å². The van der Waals surface area contributed by atoms with Crippen molar-refractivity contribution in [3.63, 3.8) is 0 Å². The van der Waals surface area contributed by atoms with Crippen LogP contribution in [0.1, 0.15) is 28.7 Å². The van der Waals surface area contributed by atoms with Crippen molar-refractivity contribution in [3.05, 3.63) is 65.1 Å². The highest BCUT2D eigenvalue weighted by molar-refractivity contribution is 5.32. The van der Waals surface area contributed by atoms with E-state index in [1.165, 1.54) is 12.1 Å².